The number of rotatable bonds is 5. The van der Waals surface area contributed by atoms with Crippen LogP contribution >= 0.6 is 0 Å². The van der Waals surface area contributed by atoms with Gasteiger partial charge in [0.2, 0.25) is 0 Å². The van der Waals surface area contributed by atoms with Crippen molar-refractivity contribution in [2.75, 3.05) is 0 Å². The zero-order valence-electron chi connectivity index (χ0n) is 8.44. The summed E-state index contributed by atoms with van der Waals surface area (Å²) in [4.78, 5) is 0. The van der Waals surface area contributed by atoms with Gasteiger partial charge in [-0.1, -0.05) is 0 Å². The summed E-state index contributed by atoms with van der Waals surface area (Å²) >= 11 is 0. The lowest BCUT2D eigenvalue weighted by Crippen LogP contribution is -2.37. The summed E-state index contributed by atoms with van der Waals surface area (Å²) in [7, 11) is -13.4. The van der Waals surface area contributed by atoms with E-state index in [0.717, 1.165) is 0 Å². The molecule has 0 aliphatic rings. The molecule has 0 rings (SSSR count). The van der Waals surface area contributed by atoms with Gasteiger partial charge in [-0.25, -0.2) is 17.1 Å². The molecule has 2 unspecified atom stereocenters. The molecule has 20 heavy (non-hydrogen) atoms. The molecule has 122 valence electrons. The molecule has 0 bridgehead atoms. The fraction of sp³-hybridized carbons (Fsp3) is 1.00. The summed E-state index contributed by atoms with van der Waals surface area (Å²) in [5.74, 6) is 0. The zero-order chi connectivity index (χ0) is 16.6. The largest absolute Gasteiger partial charge is 0.523 e. The molecule has 0 aliphatic heterocycles. The summed E-state index contributed by atoms with van der Waals surface area (Å²) in [5.41, 5.74) is -12.4. The van der Waals surface area contributed by atoms with Crippen LogP contribution in [0.5, 0.6) is 0 Å². The molecule has 0 saturated carbocycles. The normalized spacial score (nSPS) is 17.8. The predicted octanol–water partition coefficient (Wildman–Crippen LogP) is 1.31. The van der Waals surface area contributed by atoms with Crippen LogP contribution in [0.1, 0.15) is 0 Å². The monoisotopic (exact) mass is 362 g/mol. The molecule has 0 aromatic carbocycles. The second kappa shape index (κ2) is 5.57. The van der Waals surface area contributed by atoms with Crippen molar-refractivity contribution in [2.24, 2.45) is 0 Å². The average Bonchev–Trinajstić information content (AvgIpc) is 2.12. The quantitative estimate of drug-likeness (QED) is 0.416. The van der Waals surface area contributed by atoms with E-state index in [9.17, 15) is 52.0 Å². The maximum atomic E-state index is 12.5. The van der Waals surface area contributed by atoms with E-state index in [1.54, 1.807) is 0 Å². The molecular weight excluding hydrogens is 360 g/mol. The number of halogens is 8. The van der Waals surface area contributed by atoms with Crippen molar-refractivity contribution in [1.29, 1.82) is 0 Å². The maximum absolute atomic E-state index is 12.5. The van der Waals surface area contributed by atoms with Gasteiger partial charge in [0.05, 0.1) is 0 Å². The molecule has 0 aromatic rings. The SMILES string of the molecule is O=S(=O)(OC(F)C(F)OS(=O)(=O)C(F)(F)F)C(F)(F)F. The van der Waals surface area contributed by atoms with Crippen LogP contribution in [0.2, 0.25) is 0 Å². The van der Waals surface area contributed by atoms with Gasteiger partial charge in [-0.05, 0) is 0 Å². The van der Waals surface area contributed by atoms with E-state index in [0.29, 0.717) is 0 Å². The van der Waals surface area contributed by atoms with Crippen molar-refractivity contribution in [1.82, 2.24) is 0 Å². The highest BCUT2D eigenvalue weighted by molar-refractivity contribution is 7.88. The summed E-state index contributed by atoms with van der Waals surface area (Å²) in [6.45, 7) is 0. The van der Waals surface area contributed by atoms with Gasteiger partial charge in [0.15, 0.2) is 0 Å². The number of alkyl halides is 8. The van der Waals surface area contributed by atoms with Crippen molar-refractivity contribution >= 4 is 20.2 Å². The topological polar surface area (TPSA) is 86.7 Å². The fourth-order valence-electron chi connectivity index (χ4n) is 0.439. The van der Waals surface area contributed by atoms with E-state index in [4.69, 9.17) is 0 Å². The van der Waals surface area contributed by atoms with E-state index in [1.807, 2.05) is 0 Å². The van der Waals surface area contributed by atoms with Crippen LogP contribution in [-0.4, -0.2) is 40.6 Å². The van der Waals surface area contributed by atoms with E-state index < -0.39 is 44.0 Å². The molecule has 0 aromatic heterocycles. The van der Waals surface area contributed by atoms with Crippen LogP contribution in [0, 0.1) is 0 Å². The minimum Gasteiger partial charge on any atom is -0.220 e. The van der Waals surface area contributed by atoms with Gasteiger partial charge >= 0.3 is 31.3 Å². The van der Waals surface area contributed by atoms with Crippen molar-refractivity contribution in [3.63, 3.8) is 0 Å². The Kier molecular flexibility index (Phi) is 5.36. The van der Waals surface area contributed by atoms with Crippen LogP contribution < -0.4 is 0 Å². The highest BCUT2D eigenvalue weighted by atomic mass is 32.2. The van der Waals surface area contributed by atoms with Gasteiger partial charge in [-0.2, -0.15) is 43.2 Å². The Labute approximate surface area is 105 Å². The molecule has 0 aliphatic carbocycles. The Morgan fingerprint density at radius 3 is 1.00 bits per heavy atom. The highest BCUT2D eigenvalue weighted by Gasteiger charge is 2.53. The lowest BCUT2D eigenvalue weighted by molar-refractivity contribution is -0.123. The summed E-state index contributed by atoms with van der Waals surface area (Å²) in [5, 5.41) is 0. The predicted molar refractivity (Wildman–Crippen MR) is 41.9 cm³/mol. The molecule has 0 N–H and O–H groups in total. The standard InChI is InChI=1S/C4H2F8O6S2/c5-1(17-19(13,14)3(7,8)9)2(6)18-20(15,16)4(10,11)12/h1-2H. The summed E-state index contributed by atoms with van der Waals surface area (Å²) in [6.07, 6.45) is -8.59. The van der Waals surface area contributed by atoms with E-state index in [-0.39, 0.29) is 0 Å². The number of hydrogen-bond donors (Lipinski definition) is 0. The first kappa shape index (κ1) is 19.3. The molecule has 2 atom stereocenters. The third kappa shape index (κ3) is 4.67. The van der Waals surface area contributed by atoms with Gasteiger partial charge in [-0.15, -0.1) is 0 Å². The van der Waals surface area contributed by atoms with Gasteiger partial charge < -0.3 is 0 Å². The van der Waals surface area contributed by atoms with E-state index in [1.165, 1.54) is 0 Å². The second-order valence-electron chi connectivity index (χ2n) is 2.69. The van der Waals surface area contributed by atoms with Crippen LogP contribution in [0.25, 0.3) is 0 Å². The first-order valence-corrected chi connectivity index (χ1v) is 6.60. The number of hydrogen-bond acceptors (Lipinski definition) is 6. The van der Waals surface area contributed by atoms with E-state index in [2.05, 4.69) is 8.37 Å². The Hall–Kier alpha value is -0.740. The minimum atomic E-state index is -6.70. The van der Waals surface area contributed by atoms with Crippen LogP contribution in [0.4, 0.5) is 35.1 Å². The molecular formula is C4H2F8O6S2. The first-order chi connectivity index (χ1) is 8.51. The Morgan fingerprint density at radius 2 is 0.850 bits per heavy atom. The Balaban J connectivity index is 4.97. The van der Waals surface area contributed by atoms with Crippen molar-refractivity contribution in [3.05, 3.63) is 0 Å². The van der Waals surface area contributed by atoms with Crippen LogP contribution in [0.3, 0.4) is 0 Å². The molecule has 16 heteroatoms. The zero-order valence-corrected chi connectivity index (χ0v) is 10.1. The summed E-state index contributed by atoms with van der Waals surface area (Å²) in [6, 6.07) is 0. The van der Waals surface area contributed by atoms with E-state index >= 15 is 0 Å². The molecule has 0 spiro atoms. The van der Waals surface area contributed by atoms with Gasteiger partial charge in [0, 0.05) is 0 Å². The molecule has 0 amide bonds. The molecule has 0 heterocycles. The second-order valence-corrected chi connectivity index (χ2v) is 5.82. The summed E-state index contributed by atoms with van der Waals surface area (Å²) < 4.78 is 140. The Bertz CT molecular complexity index is 480. The van der Waals surface area contributed by atoms with Crippen molar-refractivity contribution in [2.45, 2.75) is 23.7 Å². The van der Waals surface area contributed by atoms with Crippen LogP contribution in [0.15, 0.2) is 0 Å². The lowest BCUT2D eigenvalue weighted by atomic mass is 10.7. The minimum absolute atomic E-state index is 2.47. The maximum Gasteiger partial charge on any atom is 0.523 e. The van der Waals surface area contributed by atoms with Crippen molar-refractivity contribution in [3.8, 4) is 0 Å². The first-order valence-electron chi connectivity index (χ1n) is 3.78. The lowest BCUT2D eigenvalue weighted by Gasteiger charge is -2.16. The third-order valence-corrected chi connectivity index (χ3v) is 3.22. The van der Waals surface area contributed by atoms with Gasteiger partial charge in [-0.3, -0.25) is 0 Å². The highest BCUT2D eigenvalue weighted by Crippen LogP contribution is 2.30. The fourth-order valence-corrected chi connectivity index (χ4v) is 1.32. The van der Waals surface area contributed by atoms with Gasteiger partial charge in [0.1, 0.15) is 0 Å². The molecule has 0 saturated heterocycles. The average molecular weight is 362 g/mol. The van der Waals surface area contributed by atoms with Crippen LogP contribution in [-0.2, 0) is 28.6 Å². The Morgan fingerprint density at radius 1 is 0.650 bits per heavy atom. The van der Waals surface area contributed by atoms with Gasteiger partial charge in [0.25, 0.3) is 12.7 Å². The molecule has 6 nitrogen and oxygen atoms in total. The molecule has 0 radical (unpaired) electrons. The van der Waals surface area contributed by atoms with Crippen molar-refractivity contribution < 1.29 is 60.3 Å². The molecule has 0 fully saturated rings. The smallest absolute Gasteiger partial charge is 0.220 e. The third-order valence-electron chi connectivity index (χ3n) is 1.21.